The van der Waals surface area contributed by atoms with Crippen molar-refractivity contribution in [1.29, 1.82) is 0 Å². The lowest BCUT2D eigenvalue weighted by Gasteiger charge is -2.22. The third-order valence-corrected chi connectivity index (χ3v) is 4.35. The molecule has 23 heavy (non-hydrogen) atoms. The lowest BCUT2D eigenvalue weighted by Crippen LogP contribution is -2.24. The standard InChI is InChI=1S/C16H19N7/c1-21-11-13(10-17-21)15-8-5-9-22(15)12-16-18-19-20-23(16)14-6-3-2-4-7-14/h2-4,6-7,10-11,15H,5,8-9,12H2,1H3/t15-/m0/s1. The zero-order valence-corrected chi connectivity index (χ0v) is 13.1. The van der Waals surface area contributed by atoms with Crippen molar-refractivity contribution in [3.05, 3.63) is 54.1 Å². The Morgan fingerprint density at radius 1 is 1.22 bits per heavy atom. The van der Waals surface area contributed by atoms with Crippen molar-refractivity contribution < 1.29 is 0 Å². The number of tetrazole rings is 1. The molecule has 0 amide bonds. The maximum atomic E-state index is 4.30. The number of hydrogen-bond acceptors (Lipinski definition) is 5. The second-order valence-electron chi connectivity index (χ2n) is 5.92. The number of benzene rings is 1. The van der Waals surface area contributed by atoms with Crippen molar-refractivity contribution >= 4 is 0 Å². The minimum atomic E-state index is 0.393. The summed E-state index contributed by atoms with van der Waals surface area (Å²) in [5, 5.41) is 16.5. The van der Waals surface area contributed by atoms with Gasteiger partial charge in [0.1, 0.15) is 0 Å². The predicted octanol–water partition coefficient (Wildman–Crippen LogP) is 1.73. The monoisotopic (exact) mass is 309 g/mol. The van der Waals surface area contributed by atoms with Crippen LogP contribution in [0.3, 0.4) is 0 Å². The number of rotatable bonds is 4. The van der Waals surface area contributed by atoms with Crippen molar-refractivity contribution in [2.45, 2.75) is 25.4 Å². The molecule has 1 fully saturated rings. The van der Waals surface area contributed by atoms with E-state index >= 15 is 0 Å². The van der Waals surface area contributed by atoms with Crippen LogP contribution in [0.2, 0.25) is 0 Å². The molecule has 7 nitrogen and oxygen atoms in total. The fraction of sp³-hybridized carbons (Fsp3) is 0.375. The average molecular weight is 309 g/mol. The van der Waals surface area contributed by atoms with Crippen LogP contribution in [0.1, 0.15) is 30.3 Å². The van der Waals surface area contributed by atoms with E-state index in [1.54, 1.807) is 0 Å². The van der Waals surface area contributed by atoms with Gasteiger partial charge in [0.05, 0.1) is 18.4 Å². The van der Waals surface area contributed by atoms with Crippen LogP contribution >= 0.6 is 0 Å². The van der Waals surface area contributed by atoms with E-state index in [0.717, 1.165) is 31.0 Å². The van der Waals surface area contributed by atoms with Gasteiger partial charge in [0.15, 0.2) is 5.82 Å². The average Bonchev–Trinajstić information content (AvgIpc) is 3.29. The largest absolute Gasteiger partial charge is 0.289 e. The molecule has 0 saturated carbocycles. The molecule has 3 aromatic rings. The number of nitrogens with zero attached hydrogens (tertiary/aromatic N) is 7. The summed E-state index contributed by atoms with van der Waals surface area (Å²) in [5.41, 5.74) is 2.26. The molecule has 0 spiro atoms. The smallest absolute Gasteiger partial charge is 0.170 e. The summed E-state index contributed by atoms with van der Waals surface area (Å²) in [6, 6.07) is 10.4. The lowest BCUT2D eigenvalue weighted by molar-refractivity contribution is 0.240. The summed E-state index contributed by atoms with van der Waals surface area (Å²) in [6.07, 6.45) is 6.40. The fourth-order valence-electron chi connectivity index (χ4n) is 3.26. The number of aromatic nitrogens is 6. The third kappa shape index (κ3) is 2.75. The van der Waals surface area contributed by atoms with Gasteiger partial charge >= 0.3 is 0 Å². The van der Waals surface area contributed by atoms with E-state index in [-0.39, 0.29) is 0 Å². The zero-order chi connectivity index (χ0) is 15.6. The molecule has 2 aromatic heterocycles. The van der Waals surface area contributed by atoms with Crippen LogP contribution in [0.4, 0.5) is 0 Å². The number of para-hydroxylation sites is 1. The van der Waals surface area contributed by atoms with Crippen LogP contribution in [0.25, 0.3) is 5.69 Å². The molecule has 118 valence electrons. The fourth-order valence-corrected chi connectivity index (χ4v) is 3.26. The molecule has 0 aliphatic carbocycles. The molecule has 0 N–H and O–H groups in total. The van der Waals surface area contributed by atoms with Gasteiger partial charge < -0.3 is 0 Å². The number of likely N-dealkylation sites (tertiary alicyclic amines) is 1. The molecule has 7 heteroatoms. The maximum absolute atomic E-state index is 4.30. The molecular formula is C16H19N7. The molecular weight excluding hydrogens is 290 g/mol. The van der Waals surface area contributed by atoms with Gasteiger partial charge in [-0.05, 0) is 41.9 Å². The van der Waals surface area contributed by atoms with Crippen LogP contribution in [0.5, 0.6) is 0 Å². The molecule has 0 bridgehead atoms. The second-order valence-corrected chi connectivity index (χ2v) is 5.92. The van der Waals surface area contributed by atoms with Crippen LogP contribution in [0.15, 0.2) is 42.7 Å². The van der Waals surface area contributed by atoms with E-state index in [4.69, 9.17) is 0 Å². The van der Waals surface area contributed by atoms with E-state index in [2.05, 4.69) is 31.7 Å². The Labute approximate surface area is 134 Å². The van der Waals surface area contributed by atoms with Gasteiger partial charge in [0.2, 0.25) is 0 Å². The Balaban J connectivity index is 1.58. The quantitative estimate of drug-likeness (QED) is 0.734. The van der Waals surface area contributed by atoms with Gasteiger partial charge in [-0.3, -0.25) is 9.58 Å². The molecule has 4 rings (SSSR count). The molecule has 1 aromatic carbocycles. The summed E-state index contributed by atoms with van der Waals surface area (Å²) in [4.78, 5) is 2.43. The SMILES string of the molecule is Cn1cc([C@@H]2CCCN2Cc2nnnn2-c2ccccc2)cn1. The molecule has 1 aliphatic rings. The van der Waals surface area contributed by atoms with Gasteiger partial charge in [-0.1, -0.05) is 18.2 Å². The molecule has 3 heterocycles. The van der Waals surface area contributed by atoms with Crippen molar-refractivity contribution in [1.82, 2.24) is 34.9 Å². The summed E-state index contributed by atoms with van der Waals surface area (Å²) >= 11 is 0. The first-order valence-electron chi connectivity index (χ1n) is 7.86. The number of aryl methyl sites for hydroxylation is 1. The lowest BCUT2D eigenvalue weighted by atomic mass is 10.1. The molecule has 1 saturated heterocycles. The van der Waals surface area contributed by atoms with Gasteiger partial charge in [-0.2, -0.15) is 9.78 Å². The van der Waals surface area contributed by atoms with Crippen LogP contribution in [-0.4, -0.2) is 41.4 Å². The highest BCUT2D eigenvalue weighted by Crippen LogP contribution is 2.32. The first kappa shape index (κ1) is 14.1. The molecule has 0 radical (unpaired) electrons. The molecule has 0 unspecified atom stereocenters. The van der Waals surface area contributed by atoms with Crippen LogP contribution in [-0.2, 0) is 13.6 Å². The van der Waals surface area contributed by atoms with Crippen LogP contribution < -0.4 is 0 Å². The van der Waals surface area contributed by atoms with E-state index in [1.807, 2.05) is 52.9 Å². The van der Waals surface area contributed by atoms with E-state index in [0.29, 0.717) is 6.04 Å². The van der Waals surface area contributed by atoms with Gasteiger partial charge in [-0.25, -0.2) is 0 Å². The number of hydrogen-bond donors (Lipinski definition) is 0. The summed E-state index contributed by atoms with van der Waals surface area (Å²) in [5.74, 6) is 0.868. The van der Waals surface area contributed by atoms with Gasteiger partial charge in [-0.15, -0.1) is 5.10 Å². The minimum absolute atomic E-state index is 0.393. The normalized spacial score (nSPS) is 18.6. The van der Waals surface area contributed by atoms with Crippen molar-refractivity contribution in [3.63, 3.8) is 0 Å². The minimum Gasteiger partial charge on any atom is -0.289 e. The summed E-state index contributed by atoms with van der Waals surface area (Å²) in [6.45, 7) is 1.79. The maximum Gasteiger partial charge on any atom is 0.170 e. The Morgan fingerprint density at radius 3 is 2.87 bits per heavy atom. The van der Waals surface area contributed by atoms with Crippen molar-refractivity contribution in [2.24, 2.45) is 7.05 Å². The van der Waals surface area contributed by atoms with E-state index in [9.17, 15) is 0 Å². The Bertz CT molecular complexity index is 777. The van der Waals surface area contributed by atoms with Gasteiger partial charge in [0, 0.05) is 24.8 Å². The summed E-state index contributed by atoms with van der Waals surface area (Å²) < 4.78 is 3.68. The highest BCUT2D eigenvalue weighted by Gasteiger charge is 2.28. The van der Waals surface area contributed by atoms with Gasteiger partial charge in [0.25, 0.3) is 0 Å². The van der Waals surface area contributed by atoms with E-state index in [1.165, 1.54) is 12.0 Å². The topological polar surface area (TPSA) is 64.7 Å². The predicted molar refractivity (Wildman–Crippen MR) is 84.7 cm³/mol. The van der Waals surface area contributed by atoms with Crippen molar-refractivity contribution in [3.8, 4) is 5.69 Å². The zero-order valence-electron chi connectivity index (χ0n) is 13.1. The third-order valence-electron chi connectivity index (χ3n) is 4.35. The second kappa shape index (κ2) is 5.92. The highest BCUT2D eigenvalue weighted by molar-refractivity contribution is 5.30. The Kier molecular flexibility index (Phi) is 3.63. The first-order valence-corrected chi connectivity index (χ1v) is 7.86. The highest BCUT2D eigenvalue weighted by atomic mass is 15.5. The Hall–Kier alpha value is -2.54. The summed E-state index contributed by atoms with van der Waals surface area (Å²) in [7, 11) is 1.96. The first-order chi connectivity index (χ1) is 11.3. The molecule has 1 aliphatic heterocycles. The Morgan fingerprint density at radius 2 is 2.09 bits per heavy atom. The van der Waals surface area contributed by atoms with Crippen molar-refractivity contribution in [2.75, 3.05) is 6.54 Å². The van der Waals surface area contributed by atoms with E-state index < -0.39 is 0 Å². The van der Waals surface area contributed by atoms with Crippen LogP contribution in [0, 0.1) is 0 Å². The molecule has 1 atom stereocenters.